The third-order valence-corrected chi connectivity index (χ3v) is 13.2. The molecule has 14 nitrogen and oxygen atoms in total. The van der Waals surface area contributed by atoms with Crippen molar-refractivity contribution in [1.82, 2.24) is 25.5 Å². The molecule has 3 unspecified atom stereocenters. The molecule has 1 aliphatic heterocycles. The van der Waals surface area contributed by atoms with E-state index in [4.69, 9.17) is 35.8 Å². The summed E-state index contributed by atoms with van der Waals surface area (Å²) in [5, 5.41) is 22.6. The van der Waals surface area contributed by atoms with Gasteiger partial charge in [-0.05, 0) is 81.3 Å². The van der Waals surface area contributed by atoms with Gasteiger partial charge in [0.2, 0.25) is 11.8 Å². The van der Waals surface area contributed by atoms with Crippen molar-refractivity contribution in [2.75, 3.05) is 19.0 Å². The first-order chi connectivity index (χ1) is 27.0. The molecule has 57 heavy (non-hydrogen) atoms. The molecule has 0 radical (unpaired) electrons. The number of halogens is 1. The number of pyridine rings is 1. The zero-order valence-corrected chi connectivity index (χ0v) is 35.1. The van der Waals surface area contributed by atoms with Crippen LogP contribution in [0.15, 0.2) is 23.6 Å². The number of rotatable bonds is 13. The molecule has 308 valence electrons. The molecule has 8 atom stereocenters. The molecular formula is C41H53ClN6O8S. The zero-order valence-electron chi connectivity index (χ0n) is 33.5. The van der Waals surface area contributed by atoms with Gasteiger partial charge in [0.1, 0.15) is 52.0 Å². The minimum absolute atomic E-state index is 0.0217. The minimum atomic E-state index is -1.41. The second-order valence-corrected chi connectivity index (χ2v) is 18.7. The van der Waals surface area contributed by atoms with Crippen LogP contribution >= 0.6 is 22.9 Å². The van der Waals surface area contributed by atoms with Crippen molar-refractivity contribution in [3.8, 4) is 22.9 Å². The Balaban J connectivity index is 1.20. The quantitative estimate of drug-likeness (QED) is 0.141. The van der Waals surface area contributed by atoms with Crippen LogP contribution in [0.4, 0.5) is 9.93 Å². The summed E-state index contributed by atoms with van der Waals surface area (Å²) in [7, 11) is 1.52. The van der Waals surface area contributed by atoms with Gasteiger partial charge in [-0.1, -0.05) is 45.7 Å². The van der Waals surface area contributed by atoms with Crippen molar-refractivity contribution >= 4 is 62.8 Å². The van der Waals surface area contributed by atoms with Gasteiger partial charge in [0.15, 0.2) is 5.13 Å². The fraction of sp³-hybridized carbons (Fsp3) is 0.610. The number of carbonyl (C=O) groups is 4. The summed E-state index contributed by atoms with van der Waals surface area (Å²) in [4.78, 5) is 65.8. The average molecular weight is 825 g/mol. The monoisotopic (exact) mass is 824 g/mol. The number of alkyl carbamates (subject to hydrolysis) is 1. The van der Waals surface area contributed by atoms with Gasteiger partial charge in [0.05, 0.1) is 24.9 Å². The van der Waals surface area contributed by atoms with Gasteiger partial charge in [0, 0.05) is 29.3 Å². The fourth-order valence-corrected chi connectivity index (χ4v) is 10.0. The lowest BCUT2D eigenvalue weighted by Gasteiger charge is -2.35. The Bertz CT molecular complexity index is 2050. The molecule has 1 aromatic carbocycles. The smallest absolute Gasteiger partial charge is 0.408 e. The van der Waals surface area contributed by atoms with E-state index in [1.165, 1.54) is 23.3 Å². The number of carboxylic acid groups (broad SMARTS) is 1. The topological polar surface area (TPSA) is 181 Å². The molecule has 3 amide bonds. The molecule has 2 aromatic heterocycles. The number of likely N-dealkylation sites (tertiary alicyclic amines) is 1. The van der Waals surface area contributed by atoms with E-state index in [0.717, 1.165) is 30.8 Å². The van der Waals surface area contributed by atoms with Gasteiger partial charge < -0.3 is 40.2 Å². The maximum Gasteiger partial charge on any atom is 0.408 e. The second-order valence-electron chi connectivity index (χ2n) is 17.4. The predicted octanol–water partition coefficient (Wildman–Crippen LogP) is 6.89. The highest BCUT2D eigenvalue weighted by atomic mass is 35.5. The van der Waals surface area contributed by atoms with E-state index in [9.17, 15) is 24.3 Å². The number of carboxylic acids is 1. The second kappa shape index (κ2) is 15.8. The normalized spacial score (nSPS) is 27.0. The number of amides is 3. The van der Waals surface area contributed by atoms with E-state index in [-0.39, 0.29) is 36.1 Å². The number of hydrogen-bond donors (Lipinski definition) is 4. The van der Waals surface area contributed by atoms with E-state index >= 15 is 0 Å². The van der Waals surface area contributed by atoms with Crippen molar-refractivity contribution in [3.63, 3.8) is 0 Å². The Morgan fingerprint density at radius 3 is 2.47 bits per heavy atom. The van der Waals surface area contributed by atoms with Crippen LogP contribution in [0.2, 0.25) is 5.02 Å². The number of methoxy groups -OCH3 is 1. The van der Waals surface area contributed by atoms with Gasteiger partial charge >= 0.3 is 12.1 Å². The van der Waals surface area contributed by atoms with Gasteiger partial charge in [0.25, 0.3) is 0 Å². The Hall–Kier alpha value is -4.37. The number of nitrogens with one attached hydrogen (secondary N) is 3. The maximum absolute atomic E-state index is 14.7. The van der Waals surface area contributed by atoms with E-state index in [1.54, 1.807) is 18.2 Å². The Kier molecular flexibility index (Phi) is 11.3. The van der Waals surface area contributed by atoms with Crippen LogP contribution < -0.4 is 25.4 Å². The van der Waals surface area contributed by atoms with Gasteiger partial charge in [-0.25, -0.2) is 19.6 Å². The molecule has 16 heteroatoms. The number of anilines is 1. The SMILES string of the molecule is CC[C@@H]1C[C@]1(NC(=O)[C@@H]1C[C@@H](Oc2cc(-c3csc(NC(C)C)n3)nc3c(Cl)c(OC)ccc23)CN1C(=O)[C@@H](NC(=O)OC1CC2CCC1C2)C(C)(C)C)C(=O)O. The minimum Gasteiger partial charge on any atom is -0.495 e. The van der Waals surface area contributed by atoms with Crippen LogP contribution in [0.1, 0.15) is 86.5 Å². The van der Waals surface area contributed by atoms with Crippen molar-refractivity contribution in [3.05, 3.63) is 28.6 Å². The summed E-state index contributed by atoms with van der Waals surface area (Å²) in [6.07, 6.45) is 3.41. The van der Waals surface area contributed by atoms with Gasteiger partial charge in [-0.3, -0.25) is 9.59 Å². The average Bonchev–Trinajstić information content (AvgIpc) is 3.67. The van der Waals surface area contributed by atoms with E-state index in [1.807, 2.05) is 46.9 Å². The van der Waals surface area contributed by atoms with Gasteiger partial charge in [-0.15, -0.1) is 11.3 Å². The highest BCUT2D eigenvalue weighted by Crippen LogP contribution is 2.47. The Labute approximate surface area is 341 Å². The van der Waals surface area contributed by atoms with E-state index < -0.39 is 53.0 Å². The van der Waals surface area contributed by atoms with Crippen molar-refractivity contribution < 1.29 is 38.5 Å². The number of ether oxygens (including phenoxy) is 3. The maximum atomic E-state index is 14.7. The molecule has 0 spiro atoms. The largest absolute Gasteiger partial charge is 0.495 e. The molecule has 3 aliphatic carbocycles. The summed E-state index contributed by atoms with van der Waals surface area (Å²) in [5.74, 6) is -0.703. The van der Waals surface area contributed by atoms with Crippen molar-refractivity contribution in [1.29, 1.82) is 0 Å². The molecule has 1 saturated heterocycles. The predicted molar refractivity (Wildman–Crippen MR) is 217 cm³/mol. The number of carbonyl (C=O) groups excluding carboxylic acids is 3. The third kappa shape index (κ3) is 8.19. The highest BCUT2D eigenvalue weighted by molar-refractivity contribution is 7.14. The number of aliphatic carboxylic acids is 1. The Morgan fingerprint density at radius 1 is 1.09 bits per heavy atom. The zero-order chi connectivity index (χ0) is 41.0. The molecule has 7 rings (SSSR count). The summed E-state index contributed by atoms with van der Waals surface area (Å²) in [6.45, 7) is 11.4. The van der Waals surface area contributed by atoms with Crippen LogP contribution in [0.5, 0.6) is 11.5 Å². The summed E-state index contributed by atoms with van der Waals surface area (Å²) >= 11 is 8.27. The first-order valence-corrected chi connectivity index (χ1v) is 21.2. The van der Waals surface area contributed by atoms with E-state index in [0.29, 0.717) is 58.5 Å². The molecule has 3 heterocycles. The number of fused-ring (bicyclic) bond motifs is 3. The lowest BCUT2D eigenvalue weighted by Crippen LogP contribution is -2.59. The van der Waals surface area contributed by atoms with Crippen LogP contribution in [0.25, 0.3) is 22.3 Å². The van der Waals surface area contributed by atoms with Crippen LogP contribution in [-0.2, 0) is 19.1 Å². The number of benzene rings is 1. The molecule has 3 aromatic rings. The van der Waals surface area contributed by atoms with Crippen molar-refractivity contribution in [2.45, 2.75) is 122 Å². The van der Waals surface area contributed by atoms with Crippen molar-refractivity contribution in [2.24, 2.45) is 23.2 Å². The third-order valence-electron chi connectivity index (χ3n) is 12.0. The fourth-order valence-electron chi connectivity index (χ4n) is 8.88. The van der Waals surface area contributed by atoms with E-state index in [2.05, 4.69) is 16.0 Å². The highest BCUT2D eigenvalue weighted by Gasteiger charge is 2.61. The standard InChI is InChI=1S/C41H53ClN6O8S/c1-8-23-17-41(23,37(51)52)47-35(49)28-15-24(18-48(28)36(50)34(40(4,5)6)46-39(53)56-30-14-21-9-10-22(30)13-21)55-31-16-26(27-19-57-38(45-27)43-20(2)3)44-33-25(31)11-12-29(54-7)32(33)42/h11-12,16,19-24,28,30,34H,8-10,13-15,17-18H2,1-7H3,(H,43,45)(H,46,53)(H,47,49)(H,51,52)/t21?,22?,23-,24-,28+,30?,34-,41-/m1/s1. The molecule has 2 bridgehead atoms. The molecule has 4 fully saturated rings. The first-order valence-electron chi connectivity index (χ1n) is 19.9. The number of nitrogens with zero attached hydrogens (tertiary/aromatic N) is 3. The molecule has 4 aliphatic rings. The van der Waals surface area contributed by atoms with Crippen LogP contribution in [-0.4, -0.2) is 93.4 Å². The first kappa shape index (κ1) is 40.8. The van der Waals surface area contributed by atoms with Gasteiger partial charge in [-0.2, -0.15) is 0 Å². The molecule has 3 saturated carbocycles. The van der Waals surface area contributed by atoms with Crippen LogP contribution in [0, 0.1) is 23.2 Å². The van der Waals surface area contributed by atoms with Crippen LogP contribution in [0.3, 0.4) is 0 Å². The summed E-state index contributed by atoms with van der Waals surface area (Å²) in [5.41, 5.74) is -0.674. The molecule has 4 N–H and O–H groups in total. The number of hydrogen-bond acceptors (Lipinski definition) is 11. The summed E-state index contributed by atoms with van der Waals surface area (Å²) < 4.78 is 18.1. The number of aromatic nitrogens is 2. The molecular weight excluding hydrogens is 772 g/mol. The lowest BCUT2D eigenvalue weighted by atomic mass is 9.85. The Morgan fingerprint density at radius 2 is 1.86 bits per heavy atom. The number of thiazole rings is 1. The summed E-state index contributed by atoms with van der Waals surface area (Å²) in [6, 6.07) is 3.28. The lowest BCUT2D eigenvalue weighted by molar-refractivity contribution is -0.146.